The zero-order chi connectivity index (χ0) is 19.5. The molecule has 2 heterocycles. The fraction of sp³-hybridized carbons (Fsp3) is 0.667. The van der Waals surface area contributed by atoms with Gasteiger partial charge in [-0.2, -0.15) is 13.2 Å². The summed E-state index contributed by atoms with van der Waals surface area (Å²) in [6.07, 6.45) is -5.67. The van der Waals surface area contributed by atoms with Crippen molar-refractivity contribution in [2.45, 2.75) is 38.7 Å². The number of halogens is 4. The van der Waals surface area contributed by atoms with Gasteiger partial charge in [-0.3, -0.25) is 0 Å². The van der Waals surface area contributed by atoms with Gasteiger partial charge in [-0.25, -0.2) is 4.79 Å². The lowest BCUT2D eigenvalue weighted by molar-refractivity contribution is -0.141. The smallest absolute Gasteiger partial charge is 0.437 e. The normalized spacial score (nSPS) is 18.6. The van der Waals surface area contributed by atoms with Crippen LogP contribution in [-0.2, 0) is 15.7 Å². The standard InChI is InChI=1S/C15H20ClF3N4O3/c1-14(2,3)26-13(24)23-4-5-25-9(8-23)7-20-10-6-11(16)21-22-12(10)15(17,18)19/h6,9H,4-5,7-8H2,1-3H3,(H,20,21). The van der Waals surface area contributed by atoms with E-state index in [1.807, 2.05) is 0 Å². The zero-order valence-electron chi connectivity index (χ0n) is 14.6. The first kappa shape index (κ1) is 20.5. The molecule has 1 N–H and O–H groups in total. The molecule has 0 bridgehead atoms. The Bertz CT molecular complexity index is 652. The molecule has 0 saturated carbocycles. The SMILES string of the molecule is CC(C)(C)OC(=O)N1CCOC(CNc2cc(Cl)nnc2C(F)(F)F)C1. The zero-order valence-corrected chi connectivity index (χ0v) is 15.3. The maximum absolute atomic E-state index is 13.0. The average molecular weight is 397 g/mol. The van der Waals surface area contributed by atoms with Crippen LogP contribution in [0.2, 0.25) is 5.15 Å². The Balaban J connectivity index is 2.00. The molecule has 1 amide bonds. The van der Waals surface area contributed by atoms with Crippen molar-refractivity contribution in [3.8, 4) is 0 Å². The highest BCUT2D eigenvalue weighted by molar-refractivity contribution is 6.29. The van der Waals surface area contributed by atoms with Gasteiger partial charge in [-0.15, -0.1) is 10.2 Å². The second kappa shape index (κ2) is 7.83. The fourth-order valence-corrected chi connectivity index (χ4v) is 2.42. The average Bonchev–Trinajstić information content (AvgIpc) is 2.50. The van der Waals surface area contributed by atoms with Gasteiger partial charge in [0.2, 0.25) is 0 Å². The summed E-state index contributed by atoms with van der Waals surface area (Å²) in [6, 6.07) is 1.05. The molecule has 7 nitrogen and oxygen atoms in total. The third kappa shape index (κ3) is 5.87. The van der Waals surface area contributed by atoms with Gasteiger partial charge < -0.3 is 19.7 Å². The van der Waals surface area contributed by atoms with Gasteiger partial charge in [0.05, 0.1) is 24.9 Å². The Labute approximate surface area is 153 Å². The first-order chi connectivity index (χ1) is 12.0. The van der Waals surface area contributed by atoms with Crippen LogP contribution in [0.25, 0.3) is 0 Å². The second-order valence-corrected chi connectivity index (χ2v) is 7.11. The van der Waals surface area contributed by atoms with E-state index in [0.29, 0.717) is 6.54 Å². The van der Waals surface area contributed by atoms with Gasteiger partial charge in [0.1, 0.15) is 5.60 Å². The minimum atomic E-state index is -4.67. The Morgan fingerprint density at radius 3 is 2.73 bits per heavy atom. The number of hydrogen-bond donors (Lipinski definition) is 1. The molecule has 0 spiro atoms. The van der Waals surface area contributed by atoms with E-state index in [1.54, 1.807) is 20.8 Å². The van der Waals surface area contributed by atoms with Gasteiger partial charge in [0, 0.05) is 19.2 Å². The van der Waals surface area contributed by atoms with Gasteiger partial charge in [-0.05, 0) is 20.8 Å². The summed E-state index contributed by atoms with van der Waals surface area (Å²) in [5.74, 6) is 0. The van der Waals surface area contributed by atoms with Crippen LogP contribution in [0.3, 0.4) is 0 Å². The number of morpholine rings is 1. The predicted octanol–water partition coefficient (Wildman–Crippen LogP) is 3.20. The van der Waals surface area contributed by atoms with Crippen LogP contribution in [-0.4, -0.2) is 59.1 Å². The minimum absolute atomic E-state index is 0.0321. The molecule has 26 heavy (non-hydrogen) atoms. The molecule has 11 heteroatoms. The molecule has 0 aliphatic carbocycles. The van der Waals surface area contributed by atoms with Crippen molar-refractivity contribution >= 4 is 23.4 Å². The summed E-state index contributed by atoms with van der Waals surface area (Å²) in [4.78, 5) is 13.6. The van der Waals surface area contributed by atoms with E-state index in [2.05, 4.69) is 15.5 Å². The summed E-state index contributed by atoms with van der Waals surface area (Å²) >= 11 is 5.63. The molecule has 0 aromatic carbocycles. The van der Waals surface area contributed by atoms with E-state index in [1.165, 1.54) is 4.90 Å². The van der Waals surface area contributed by atoms with Crippen molar-refractivity contribution in [1.29, 1.82) is 0 Å². The lowest BCUT2D eigenvalue weighted by Crippen LogP contribution is -2.49. The second-order valence-electron chi connectivity index (χ2n) is 6.73. The molecular formula is C15H20ClF3N4O3. The number of aromatic nitrogens is 2. The molecule has 1 aliphatic rings. The quantitative estimate of drug-likeness (QED) is 0.845. The van der Waals surface area contributed by atoms with E-state index < -0.39 is 29.7 Å². The largest absolute Gasteiger partial charge is 0.444 e. The van der Waals surface area contributed by atoms with E-state index in [4.69, 9.17) is 21.1 Å². The highest BCUT2D eigenvalue weighted by Crippen LogP contribution is 2.33. The van der Waals surface area contributed by atoms with Gasteiger partial charge in [0.25, 0.3) is 0 Å². The molecule has 1 fully saturated rings. The summed E-state index contributed by atoms with van der Waals surface area (Å²) in [7, 11) is 0. The fourth-order valence-electron chi connectivity index (χ4n) is 2.27. The third-order valence-corrected chi connectivity index (χ3v) is 3.53. The molecule has 2 rings (SSSR count). The number of carbonyl (C=O) groups is 1. The Morgan fingerprint density at radius 1 is 1.42 bits per heavy atom. The first-order valence-electron chi connectivity index (χ1n) is 7.89. The number of carbonyl (C=O) groups excluding carboxylic acids is 1. The van der Waals surface area contributed by atoms with Crippen molar-refractivity contribution in [2.75, 3.05) is 31.6 Å². The minimum Gasteiger partial charge on any atom is -0.444 e. The third-order valence-electron chi connectivity index (χ3n) is 3.34. The maximum Gasteiger partial charge on any atom is 0.437 e. The molecule has 1 atom stereocenters. The number of alkyl halides is 3. The van der Waals surface area contributed by atoms with Crippen LogP contribution in [0, 0.1) is 0 Å². The molecule has 0 radical (unpaired) electrons. The lowest BCUT2D eigenvalue weighted by atomic mass is 10.2. The van der Waals surface area contributed by atoms with E-state index in [9.17, 15) is 18.0 Å². The molecule has 1 aromatic rings. The van der Waals surface area contributed by atoms with Crippen LogP contribution in [0.1, 0.15) is 26.5 Å². The topological polar surface area (TPSA) is 76.6 Å². The Morgan fingerprint density at radius 2 is 2.12 bits per heavy atom. The van der Waals surface area contributed by atoms with E-state index in [0.717, 1.165) is 6.07 Å². The number of hydrogen-bond acceptors (Lipinski definition) is 6. The molecule has 146 valence electrons. The van der Waals surface area contributed by atoms with Crippen LogP contribution >= 0.6 is 11.6 Å². The highest BCUT2D eigenvalue weighted by atomic mass is 35.5. The first-order valence-corrected chi connectivity index (χ1v) is 8.27. The Kier molecular flexibility index (Phi) is 6.17. The van der Waals surface area contributed by atoms with Crippen molar-refractivity contribution in [3.05, 3.63) is 16.9 Å². The molecule has 1 aliphatic heterocycles. The van der Waals surface area contributed by atoms with Crippen molar-refractivity contribution in [3.63, 3.8) is 0 Å². The van der Waals surface area contributed by atoms with Crippen LogP contribution in [0.5, 0.6) is 0 Å². The van der Waals surface area contributed by atoms with Gasteiger partial charge in [-0.1, -0.05) is 11.6 Å². The summed E-state index contributed by atoms with van der Waals surface area (Å²) in [5.41, 5.74) is -2.10. The molecule has 1 unspecified atom stereocenters. The predicted molar refractivity (Wildman–Crippen MR) is 88.1 cm³/mol. The van der Waals surface area contributed by atoms with Crippen molar-refractivity contribution < 1.29 is 27.4 Å². The van der Waals surface area contributed by atoms with Crippen molar-refractivity contribution in [1.82, 2.24) is 15.1 Å². The number of rotatable bonds is 3. The number of amides is 1. The number of ether oxygens (including phenoxy) is 2. The van der Waals surface area contributed by atoms with Crippen molar-refractivity contribution in [2.24, 2.45) is 0 Å². The number of anilines is 1. The molecule has 1 aromatic heterocycles. The van der Waals surface area contributed by atoms with Crippen LogP contribution in [0.4, 0.5) is 23.7 Å². The van der Waals surface area contributed by atoms with E-state index >= 15 is 0 Å². The summed E-state index contributed by atoms with van der Waals surface area (Å²) in [6.45, 7) is 6.09. The van der Waals surface area contributed by atoms with Crippen LogP contribution in [0.15, 0.2) is 6.07 Å². The lowest BCUT2D eigenvalue weighted by Gasteiger charge is -2.34. The number of nitrogens with one attached hydrogen (secondary N) is 1. The van der Waals surface area contributed by atoms with Gasteiger partial charge in [0.15, 0.2) is 10.8 Å². The molecular weight excluding hydrogens is 377 g/mol. The van der Waals surface area contributed by atoms with Gasteiger partial charge >= 0.3 is 12.3 Å². The molecule has 1 saturated heterocycles. The Hall–Kier alpha value is -1.81. The number of nitrogens with zero attached hydrogens (tertiary/aromatic N) is 3. The highest BCUT2D eigenvalue weighted by Gasteiger charge is 2.37. The maximum atomic E-state index is 13.0. The summed E-state index contributed by atoms with van der Waals surface area (Å²) < 4.78 is 49.8. The summed E-state index contributed by atoms with van der Waals surface area (Å²) in [5, 5.41) is 8.79. The van der Waals surface area contributed by atoms with E-state index in [-0.39, 0.29) is 30.5 Å². The monoisotopic (exact) mass is 396 g/mol. The van der Waals surface area contributed by atoms with Crippen LogP contribution < -0.4 is 5.32 Å².